The molecule has 1 unspecified atom stereocenters. The van der Waals surface area contributed by atoms with Gasteiger partial charge >= 0.3 is 11.0 Å². The zero-order valence-electron chi connectivity index (χ0n) is 13.2. The Morgan fingerprint density at radius 3 is 1.88 bits per heavy atom. The fourth-order valence-corrected chi connectivity index (χ4v) is 4.01. The second kappa shape index (κ2) is 7.12. The first-order valence-electron chi connectivity index (χ1n) is 6.71. The van der Waals surface area contributed by atoms with Crippen molar-refractivity contribution in [3.8, 4) is 0 Å². The Morgan fingerprint density at radius 1 is 1.04 bits per heavy atom. The molecular formula is C14H14F6O3S2. The summed E-state index contributed by atoms with van der Waals surface area (Å²) in [7, 11) is -7.82. The molecule has 0 radical (unpaired) electrons. The highest BCUT2D eigenvalue weighted by molar-refractivity contribution is 7.86. The molecular weight excluding hydrogens is 394 g/mol. The van der Waals surface area contributed by atoms with Crippen molar-refractivity contribution in [1.29, 1.82) is 0 Å². The minimum Gasteiger partial charge on any atom is -0.741 e. The summed E-state index contributed by atoms with van der Waals surface area (Å²) in [5.74, 6) is -0.0762. The third-order valence-electron chi connectivity index (χ3n) is 3.00. The zero-order chi connectivity index (χ0) is 19.8. The van der Waals surface area contributed by atoms with Crippen LogP contribution in [0.25, 0.3) is 10.1 Å². The summed E-state index contributed by atoms with van der Waals surface area (Å²) in [6.07, 6.45) is 0. The van der Waals surface area contributed by atoms with E-state index in [1.165, 1.54) is 0 Å². The molecule has 2 aromatic rings. The first-order chi connectivity index (χ1) is 11.1. The Kier molecular flexibility index (Phi) is 6.18. The van der Waals surface area contributed by atoms with Gasteiger partial charge in [0, 0.05) is 17.4 Å². The van der Waals surface area contributed by atoms with Crippen LogP contribution < -0.4 is 0 Å². The number of alkyl halides is 6. The number of aryl methyl sites for hydroxylation is 1. The van der Waals surface area contributed by atoms with Crippen molar-refractivity contribution in [3.63, 3.8) is 0 Å². The van der Waals surface area contributed by atoms with Crippen LogP contribution in [-0.2, 0) is 15.6 Å². The number of fused-ring (bicyclic) bond motifs is 1. The lowest BCUT2D eigenvalue weighted by atomic mass is 10.1. The van der Waals surface area contributed by atoms with Crippen LogP contribution in [0.3, 0.4) is 0 Å². The van der Waals surface area contributed by atoms with E-state index in [-0.39, 0.29) is 5.92 Å². The first kappa shape index (κ1) is 21.7. The molecule has 1 aromatic carbocycles. The van der Waals surface area contributed by atoms with Crippen LogP contribution in [-0.4, -0.2) is 18.5 Å². The number of hydrogen-bond donors (Lipinski definition) is 0. The molecule has 1 aromatic heterocycles. The molecule has 0 aliphatic heterocycles. The maximum Gasteiger partial charge on any atom is 0.600 e. The fourth-order valence-electron chi connectivity index (χ4n) is 1.97. The maximum absolute atomic E-state index is 13.1. The normalized spacial score (nSPS) is 13.8. The molecule has 0 saturated heterocycles. The number of rotatable bonds is 1. The van der Waals surface area contributed by atoms with E-state index in [0.29, 0.717) is 9.58 Å². The van der Waals surface area contributed by atoms with E-state index in [4.69, 9.17) is 13.0 Å². The highest BCUT2D eigenvalue weighted by atomic mass is 32.2. The van der Waals surface area contributed by atoms with Gasteiger partial charge in [0.25, 0.3) is 0 Å². The molecule has 2 rings (SSSR count). The smallest absolute Gasteiger partial charge is 0.600 e. The molecule has 25 heavy (non-hydrogen) atoms. The Morgan fingerprint density at radius 2 is 1.52 bits per heavy atom. The molecule has 0 N–H and O–H groups in total. The largest absolute Gasteiger partial charge is 0.741 e. The summed E-state index contributed by atoms with van der Waals surface area (Å²) in [5, 5.41) is 0.731. The summed E-state index contributed by atoms with van der Waals surface area (Å²) in [6.45, 7) is 5.53. The number of benzene rings is 1. The van der Waals surface area contributed by atoms with Gasteiger partial charge in [0.2, 0.25) is 0 Å². The van der Waals surface area contributed by atoms with Crippen molar-refractivity contribution in [1.82, 2.24) is 0 Å². The van der Waals surface area contributed by atoms with E-state index in [2.05, 4.69) is 0 Å². The summed E-state index contributed by atoms with van der Waals surface area (Å²) < 4.78 is 98.7. The Balaban J connectivity index is 0.000000333. The van der Waals surface area contributed by atoms with Crippen molar-refractivity contribution in [2.24, 2.45) is 0 Å². The van der Waals surface area contributed by atoms with Gasteiger partial charge in [0.1, 0.15) is 0 Å². The lowest BCUT2D eigenvalue weighted by Crippen LogP contribution is -2.21. The molecule has 0 aliphatic rings. The highest BCUT2D eigenvalue weighted by Gasteiger charge is 2.48. The monoisotopic (exact) mass is 408 g/mol. The molecule has 0 bridgehead atoms. The molecule has 0 saturated carbocycles. The molecule has 11 heteroatoms. The van der Waals surface area contributed by atoms with Gasteiger partial charge in [0.15, 0.2) is 19.7 Å². The van der Waals surface area contributed by atoms with Crippen molar-refractivity contribution in [3.05, 3.63) is 34.7 Å². The zero-order valence-corrected chi connectivity index (χ0v) is 14.8. The fraction of sp³-hybridized carbons (Fsp3) is 0.429. The Hall–Kier alpha value is -1.33. The van der Waals surface area contributed by atoms with Gasteiger partial charge < -0.3 is 4.55 Å². The van der Waals surface area contributed by atoms with E-state index in [9.17, 15) is 26.3 Å². The minimum absolute atomic E-state index is 0.0762. The van der Waals surface area contributed by atoms with Gasteiger partial charge in [-0.2, -0.15) is 13.2 Å². The number of halogens is 6. The van der Waals surface area contributed by atoms with Gasteiger partial charge in [-0.25, -0.2) is 8.42 Å². The van der Waals surface area contributed by atoms with Crippen LogP contribution >= 0.6 is 10.5 Å². The van der Waals surface area contributed by atoms with Gasteiger partial charge in [-0.1, -0.05) is 25.5 Å². The quantitative estimate of drug-likeness (QED) is 0.269. The van der Waals surface area contributed by atoms with E-state index in [1.807, 2.05) is 26.8 Å². The molecule has 0 aliphatic carbocycles. The van der Waals surface area contributed by atoms with E-state index < -0.39 is 31.6 Å². The lowest BCUT2D eigenvalue weighted by Gasteiger charge is -2.08. The van der Waals surface area contributed by atoms with Gasteiger partial charge in [-0.05, 0) is 19.1 Å². The summed E-state index contributed by atoms with van der Waals surface area (Å²) >= 11 is 0. The average Bonchev–Trinajstić information content (AvgIpc) is 2.75. The topological polar surface area (TPSA) is 57.2 Å². The molecule has 0 amide bonds. The molecule has 3 nitrogen and oxygen atoms in total. The van der Waals surface area contributed by atoms with E-state index >= 15 is 0 Å². The van der Waals surface area contributed by atoms with Gasteiger partial charge in [0.05, 0.1) is 10.5 Å². The van der Waals surface area contributed by atoms with Crippen LogP contribution in [0.4, 0.5) is 26.3 Å². The number of hydrogen-bond acceptors (Lipinski definition) is 3. The summed E-state index contributed by atoms with van der Waals surface area (Å²) in [6, 6.07) is 6.91. The molecule has 1 atom stereocenters. The first-order valence-corrected chi connectivity index (χ1v) is 9.34. The molecule has 1 heterocycles. The van der Waals surface area contributed by atoms with Crippen LogP contribution in [0, 0.1) is 6.92 Å². The van der Waals surface area contributed by atoms with Crippen LogP contribution in [0.5, 0.6) is 0 Å². The predicted molar refractivity (Wildman–Crippen MR) is 82.3 cm³/mol. The molecule has 0 fully saturated rings. The second-order valence-corrected chi connectivity index (χ2v) is 8.75. The molecule has 142 valence electrons. The van der Waals surface area contributed by atoms with Crippen molar-refractivity contribution in [2.75, 3.05) is 0 Å². The Bertz CT molecular complexity index is 848. The third kappa shape index (κ3) is 5.32. The Labute approximate surface area is 143 Å². The van der Waals surface area contributed by atoms with E-state index in [1.54, 1.807) is 18.2 Å². The van der Waals surface area contributed by atoms with Crippen LogP contribution in [0.2, 0.25) is 0 Å². The summed E-state index contributed by atoms with van der Waals surface area (Å²) in [4.78, 5) is 0.498. The van der Waals surface area contributed by atoms with Crippen molar-refractivity contribution < 1.29 is 39.3 Å². The lowest BCUT2D eigenvalue weighted by molar-refractivity contribution is -0.0868. The highest BCUT2D eigenvalue weighted by Crippen LogP contribution is 2.52. The van der Waals surface area contributed by atoms with Gasteiger partial charge in [-0.15, -0.1) is 13.2 Å². The maximum atomic E-state index is 13.1. The summed E-state index contributed by atoms with van der Waals surface area (Å²) in [5.41, 5.74) is -8.82. The van der Waals surface area contributed by atoms with Gasteiger partial charge in [-0.3, -0.25) is 0 Å². The van der Waals surface area contributed by atoms with E-state index in [0.717, 1.165) is 10.9 Å². The van der Waals surface area contributed by atoms with Crippen LogP contribution in [0.15, 0.2) is 24.3 Å². The second-order valence-electron chi connectivity index (χ2n) is 5.39. The SMILES string of the molecule is Cc1ccc2c(c1)cc(C(C)C)[s+]2C(F)(F)F.O=S(=O)([O-])C(F)(F)F. The third-order valence-corrected chi connectivity index (χ3v) is 5.90. The standard InChI is InChI=1S/C13H14F3S.CHF3O3S/c1-8(2)12-7-10-6-9(3)4-5-11(10)17(12)13(14,15)16;2-1(3,4)8(5,6)7/h4-8H,1-3H3;(H,5,6,7)/q+1;/p-1. The van der Waals surface area contributed by atoms with Crippen molar-refractivity contribution >= 4 is 30.7 Å². The van der Waals surface area contributed by atoms with Crippen LogP contribution in [0.1, 0.15) is 30.2 Å². The molecule has 0 spiro atoms. The minimum atomic E-state index is -6.09. The average molecular weight is 408 g/mol. The number of thiophene rings is 1. The van der Waals surface area contributed by atoms with Crippen molar-refractivity contribution in [2.45, 2.75) is 37.7 Å². The predicted octanol–water partition coefficient (Wildman–Crippen LogP) is 5.55.